The molecule has 28 heavy (non-hydrogen) atoms. The zero-order valence-corrected chi connectivity index (χ0v) is 16.6. The van der Waals surface area contributed by atoms with E-state index in [2.05, 4.69) is 5.32 Å². The van der Waals surface area contributed by atoms with Gasteiger partial charge in [-0.3, -0.25) is 4.79 Å². The molecule has 3 aromatic carbocycles. The van der Waals surface area contributed by atoms with Crippen LogP contribution in [0.15, 0.2) is 94.7 Å². The Morgan fingerprint density at radius 2 is 1.46 bits per heavy atom. The van der Waals surface area contributed by atoms with Gasteiger partial charge in [0.05, 0.1) is 4.90 Å². The van der Waals surface area contributed by atoms with Crippen molar-refractivity contribution in [2.75, 3.05) is 0 Å². The summed E-state index contributed by atoms with van der Waals surface area (Å²) in [5, 5.41) is 7.65. The Balaban J connectivity index is 1.72. The largest absolute Gasteiger partial charge is 0.351 e. The van der Waals surface area contributed by atoms with Gasteiger partial charge >= 0.3 is 0 Å². The van der Waals surface area contributed by atoms with E-state index in [0.29, 0.717) is 6.54 Å². The molecule has 7 heteroatoms. The number of nitrogens with two attached hydrogens (primary N) is 1. The van der Waals surface area contributed by atoms with Crippen molar-refractivity contribution in [2.24, 2.45) is 5.14 Å². The lowest BCUT2D eigenvalue weighted by Crippen LogP contribution is -2.27. The molecule has 3 aromatic rings. The number of rotatable bonds is 7. The summed E-state index contributed by atoms with van der Waals surface area (Å²) in [6.45, 7) is 0.294. The summed E-state index contributed by atoms with van der Waals surface area (Å²) in [6.07, 6.45) is 0. The molecule has 0 unspecified atom stereocenters. The molecule has 0 aromatic heterocycles. The second-order valence-corrected chi connectivity index (χ2v) is 8.87. The third-order valence-electron chi connectivity index (χ3n) is 4.06. The summed E-state index contributed by atoms with van der Waals surface area (Å²) >= 11 is 1.48. The third-order valence-corrected chi connectivity index (χ3v) is 6.25. The summed E-state index contributed by atoms with van der Waals surface area (Å²) < 4.78 is 22.7. The maximum Gasteiger partial charge on any atom is 0.238 e. The van der Waals surface area contributed by atoms with E-state index in [1.165, 1.54) is 23.9 Å². The van der Waals surface area contributed by atoms with Crippen LogP contribution in [0.4, 0.5) is 0 Å². The summed E-state index contributed by atoms with van der Waals surface area (Å²) in [5.74, 6) is -0.115. The molecule has 0 saturated heterocycles. The van der Waals surface area contributed by atoms with E-state index in [4.69, 9.17) is 5.14 Å². The molecule has 0 bridgehead atoms. The topological polar surface area (TPSA) is 89.3 Å². The Morgan fingerprint density at radius 3 is 2.04 bits per heavy atom. The fourth-order valence-corrected chi connectivity index (χ4v) is 4.20. The van der Waals surface area contributed by atoms with Crippen molar-refractivity contribution >= 4 is 27.7 Å². The maximum atomic E-state index is 12.9. The minimum Gasteiger partial charge on any atom is -0.351 e. The first-order chi connectivity index (χ1) is 13.4. The molecule has 0 aliphatic rings. The molecule has 0 saturated carbocycles. The van der Waals surface area contributed by atoms with Crippen LogP contribution < -0.4 is 10.5 Å². The Labute approximate surface area is 169 Å². The normalized spacial score (nSPS) is 12.3. The number of carbonyl (C=O) groups is 1. The van der Waals surface area contributed by atoms with Gasteiger partial charge in [0.15, 0.2) is 0 Å². The van der Waals surface area contributed by atoms with E-state index >= 15 is 0 Å². The van der Waals surface area contributed by atoms with Crippen LogP contribution in [0.5, 0.6) is 0 Å². The van der Waals surface area contributed by atoms with Gasteiger partial charge in [-0.2, -0.15) is 0 Å². The summed E-state index contributed by atoms with van der Waals surface area (Å²) in [6, 6.07) is 25.5. The highest BCUT2D eigenvalue weighted by Crippen LogP contribution is 2.35. The van der Waals surface area contributed by atoms with E-state index < -0.39 is 15.3 Å². The van der Waals surface area contributed by atoms with Gasteiger partial charge in [-0.25, -0.2) is 13.6 Å². The minimum atomic E-state index is -3.73. The first kappa shape index (κ1) is 20.1. The van der Waals surface area contributed by atoms with Gasteiger partial charge in [0, 0.05) is 11.4 Å². The monoisotopic (exact) mass is 412 g/mol. The molecule has 5 nitrogen and oxygen atoms in total. The Hall–Kier alpha value is -2.61. The first-order valence-corrected chi connectivity index (χ1v) is 11.0. The second kappa shape index (κ2) is 9.05. The van der Waals surface area contributed by atoms with Crippen molar-refractivity contribution < 1.29 is 13.2 Å². The van der Waals surface area contributed by atoms with E-state index in [-0.39, 0.29) is 10.8 Å². The predicted octanol–water partition coefficient (Wildman–Crippen LogP) is 3.48. The van der Waals surface area contributed by atoms with Crippen LogP contribution >= 0.6 is 11.8 Å². The van der Waals surface area contributed by atoms with Crippen LogP contribution in [-0.2, 0) is 21.4 Å². The lowest BCUT2D eigenvalue weighted by atomic mass is 10.1. The molecule has 0 aliphatic heterocycles. The van der Waals surface area contributed by atoms with Crippen molar-refractivity contribution in [1.29, 1.82) is 0 Å². The van der Waals surface area contributed by atoms with Crippen LogP contribution in [-0.4, -0.2) is 14.3 Å². The number of amides is 1. The first-order valence-electron chi connectivity index (χ1n) is 8.59. The number of thioether (sulfide) groups is 1. The Kier molecular flexibility index (Phi) is 6.51. The number of primary sulfonamides is 1. The van der Waals surface area contributed by atoms with Crippen molar-refractivity contribution in [3.63, 3.8) is 0 Å². The molecule has 0 radical (unpaired) electrons. The molecule has 1 atom stereocenters. The third kappa shape index (κ3) is 5.45. The minimum absolute atomic E-state index is 0.0457. The molecular formula is C21H20N2O3S2. The molecule has 144 valence electrons. The molecule has 1 amide bonds. The highest BCUT2D eigenvalue weighted by Gasteiger charge is 2.21. The van der Waals surface area contributed by atoms with Gasteiger partial charge in [0.2, 0.25) is 15.9 Å². The smallest absolute Gasteiger partial charge is 0.238 e. The average Bonchev–Trinajstić information content (AvgIpc) is 2.71. The fourth-order valence-electron chi connectivity index (χ4n) is 2.61. The Morgan fingerprint density at radius 1 is 0.893 bits per heavy atom. The van der Waals surface area contributed by atoms with Gasteiger partial charge < -0.3 is 5.32 Å². The molecule has 0 spiro atoms. The number of sulfonamides is 1. The molecule has 0 fully saturated rings. The molecule has 0 heterocycles. The number of hydrogen-bond acceptors (Lipinski definition) is 4. The van der Waals surface area contributed by atoms with Crippen molar-refractivity contribution in [2.45, 2.75) is 21.6 Å². The summed E-state index contributed by atoms with van der Waals surface area (Å²) in [7, 11) is -3.73. The van der Waals surface area contributed by atoms with Crippen LogP contribution in [0.25, 0.3) is 0 Å². The number of hydrogen-bond donors (Lipinski definition) is 2. The molecule has 0 aliphatic carbocycles. The van der Waals surface area contributed by atoms with Crippen molar-refractivity contribution in [3.8, 4) is 0 Å². The number of carbonyl (C=O) groups excluding carboxylic acids is 1. The van der Waals surface area contributed by atoms with E-state index in [1.54, 1.807) is 12.1 Å². The number of nitrogens with one attached hydrogen (secondary N) is 1. The van der Waals surface area contributed by atoms with Crippen molar-refractivity contribution in [1.82, 2.24) is 5.32 Å². The van der Waals surface area contributed by atoms with Gasteiger partial charge in [-0.05, 0) is 35.4 Å². The van der Waals surface area contributed by atoms with E-state index in [0.717, 1.165) is 16.0 Å². The van der Waals surface area contributed by atoms with Crippen LogP contribution in [0.1, 0.15) is 16.4 Å². The molecule has 3 rings (SSSR count). The quantitative estimate of drug-likeness (QED) is 0.582. The SMILES string of the molecule is NS(=O)(=O)c1ccc(CNC(=O)[C@@H](Sc2ccccc2)c2ccccc2)cc1. The second-order valence-electron chi connectivity index (χ2n) is 6.13. The highest BCUT2D eigenvalue weighted by molar-refractivity contribution is 8.00. The fraction of sp³-hybridized carbons (Fsp3) is 0.0952. The molecular weight excluding hydrogens is 392 g/mol. The van der Waals surface area contributed by atoms with Crippen LogP contribution in [0, 0.1) is 0 Å². The van der Waals surface area contributed by atoms with Crippen molar-refractivity contribution in [3.05, 3.63) is 96.1 Å². The van der Waals surface area contributed by atoms with E-state index in [9.17, 15) is 13.2 Å². The van der Waals surface area contributed by atoms with Gasteiger partial charge in [-0.1, -0.05) is 60.7 Å². The average molecular weight is 413 g/mol. The van der Waals surface area contributed by atoms with E-state index in [1.807, 2.05) is 60.7 Å². The summed E-state index contributed by atoms with van der Waals surface area (Å²) in [4.78, 5) is 13.9. The molecule has 3 N–H and O–H groups in total. The van der Waals surface area contributed by atoms with Gasteiger partial charge in [-0.15, -0.1) is 11.8 Å². The zero-order valence-electron chi connectivity index (χ0n) is 15.0. The van der Waals surface area contributed by atoms with Gasteiger partial charge in [0.25, 0.3) is 0 Å². The predicted molar refractivity (Wildman–Crippen MR) is 111 cm³/mol. The summed E-state index contributed by atoms with van der Waals surface area (Å²) in [5.41, 5.74) is 1.70. The lowest BCUT2D eigenvalue weighted by molar-refractivity contribution is -0.120. The maximum absolute atomic E-state index is 12.9. The zero-order chi connectivity index (χ0) is 20.0. The Bertz CT molecular complexity index is 1020. The van der Waals surface area contributed by atoms with Crippen LogP contribution in [0.3, 0.4) is 0 Å². The van der Waals surface area contributed by atoms with Crippen LogP contribution in [0.2, 0.25) is 0 Å². The highest BCUT2D eigenvalue weighted by atomic mass is 32.2. The standard InChI is InChI=1S/C21H20N2O3S2/c22-28(25,26)19-13-11-16(12-14-19)15-23-21(24)20(17-7-3-1-4-8-17)27-18-9-5-2-6-10-18/h1-14,20H,15H2,(H,23,24)(H2,22,25,26)/t20-/m0/s1. The van der Waals surface area contributed by atoms with Gasteiger partial charge in [0.1, 0.15) is 5.25 Å². The number of benzene rings is 3. The lowest BCUT2D eigenvalue weighted by Gasteiger charge is -2.17.